The summed E-state index contributed by atoms with van der Waals surface area (Å²) in [4.78, 5) is 10.2. The number of hydrogen-bond acceptors (Lipinski definition) is 4. The summed E-state index contributed by atoms with van der Waals surface area (Å²) in [5.41, 5.74) is -0.824. The van der Waals surface area contributed by atoms with Crippen molar-refractivity contribution < 1.29 is 18.1 Å². The molecule has 0 spiro atoms. The van der Waals surface area contributed by atoms with Gasteiger partial charge in [-0.3, -0.25) is 9.35 Å². The first-order chi connectivity index (χ1) is 5.91. The highest BCUT2D eigenvalue weighted by Crippen LogP contribution is 2.06. The smallest absolute Gasteiger partial charge is 0.294 e. The topological polar surface area (TPSA) is 94.5 Å². The first-order valence-corrected chi connectivity index (χ1v) is 4.64. The maximum Gasteiger partial charge on any atom is 0.294 e. The van der Waals surface area contributed by atoms with Gasteiger partial charge in [-0.1, -0.05) is 11.8 Å². The second kappa shape index (κ2) is 3.15. The van der Waals surface area contributed by atoms with Crippen molar-refractivity contribution in [2.24, 2.45) is 0 Å². The Morgan fingerprint density at radius 2 is 1.69 bits per heavy atom. The predicted molar refractivity (Wildman–Crippen MR) is 42.0 cm³/mol. The van der Waals surface area contributed by atoms with Gasteiger partial charge in [0, 0.05) is 0 Å². The molecule has 0 aromatic heterocycles. The first-order valence-electron chi connectivity index (χ1n) is 3.20. The molecule has 0 fully saturated rings. The monoisotopic (exact) mass is 201 g/mol. The number of hydrogen-bond donors (Lipinski definition) is 1. The summed E-state index contributed by atoms with van der Waals surface area (Å²) in [6.45, 7) is 0. The SMILES string of the molecule is O=c1ccc(S(=O)(=O)O)ccc1[O-]. The summed E-state index contributed by atoms with van der Waals surface area (Å²) in [5.74, 6) is -0.824. The van der Waals surface area contributed by atoms with Gasteiger partial charge in [0.2, 0.25) is 0 Å². The molecule has 1 aromatic carbocycles. The molecule has 0 bridgehead atoms. The summed E-state index contributed by atoms with van der Waals surface area (Å²) in [7, 11) is -4.36. The van der Waals surface area contributed by atoms with Crippen LogP contribution in [0.4, 0.5) is 0 Å². The highest BCUT2D eigenvalue weighted by atomic mass is 32.2. The van der Waals surface area contributed by atoms with Gasteiger partial charge in [0.05, 0.1) is 4.90 Å². The summed E-state index contributed by atoms with van der Waals surface area (Å²) in [6, 6.07) is 3.34. The Morgan fingerprint density at radius 3 is 2.23 bits per heavy atom. The van der Waals surface area contributed by atoms with Gasteiger partial charge in [-0.25, -0.2) is 0 Å². The lowest BCUT2D eigenvalue weighted by atomic mass is 10.5. The summed E-state index contributed by atoms with van der Waals surface area (Å²) >= 11 is 0. The highest BCUT2D eigenvalue weighted by Gasteiger charge is 2.06. The van der Waals surface area contributed by atoms with E-state index in [1.807, 2.05) is 0 Å². The lowest BCUT2D eigenvalue weighted by Gasteiger charge is -1.94. The summed E-state index contributed by atoms with van der Waals surface area (Å²) in [6.07, 6.45) is 0. The third-order valence-electron chi connectivity index (χ3n) is 1.34. The normalized spacial score (nSPS) is 11.2. The minimum Gasteiger partial charge on any atom is -0.870 e. The van der Waals surface area contributed by atoms with Crippen LogP contribution in [0.3, 0.4) is 0 Å². The molecule has 0 saturated heterocycles. The van der Waals surface area contributed by atoms with Crippen LogP contribution < -0.4 is 10.5 Å². The summed E-state index contributed by atoms with van der Waals surface area (Å²) in [5, 5.41) is 10.7. The van der Waals surface area contributed by atoms with Crippen molar-refractivity contribution in [2.75, 3.05) is 0 Å². The van der Waals surface area contributed by atoms with Crippen LogP contribution in [0.2, 0.25) is 0 Å². The Hall–Kier alpha value is -1.40. The quantitative estimate of drug-likeness (QED) is 0.610. The Balaban J connectivity index is 3.51. The van der Waals surface area contributed by atoms with E-state index in [1.54, 1.807) is 0 Å². The second-order valence-electron chi connectivity index (χ2n) is 2.27. The Bertz CT molecular complexity index is 477. The van der Waals surface area contributed by atoms with Crippen LogP contribution >= 0.6 is 0 Å². The fraction of sp³-hybridized carbons (Fsp3) is 0. The summed E-state index contributed by atoms with van der Waals surface area (Å²) < 4.78 is 29.6. The minimum atomic E-state index is -4.36. The zero-order valence-corrected chi connectivity index (χ0v) is 7.11. The standard InChI is InChI=1S/C7H6O5S/c8-6-3-1-5(13(10,11)12)2-4-7(6)9/h1-4H,(H,8,9)(H,10,11,12)/p-1. The van der Waals surface area contributed by atoms with E-state index in [0.29, 0.717) is 0 Å². The molecule has 0 aliphatic carbocycles. The van der Waals surface area contributed by atoms with Gasteiger partial charge in [-0.2, -0.15) is 8.42 Å². The number of rotatable bonds is 1. The van der Waals surface area contributed by atoms with Crippen molar-refractivity contribution in [1.29, 1.82) is 0 Å². The van der Waals surface area contributed by atoms with Crippen LogP contribution in [0.5, 0.6) is 5.75 Å². The van der Waals surface area contributed by atoms with Gasteiger partial charge < -0.3 is 5.11 Å². The largest absolute Gasteiger partial charge is 0.870 e. The van der Waals surface area contributed by atoms with E-state index in [-0.39, 0.29) is 0 Å². The third kappa shape index (κ3) is 2.27. The van der Waals surface area contributed by atoms with Gasteiger partial charge in [0.1, 0.15) is 0 Å². The van der Waals surface area contributed by atoms with Crippen LogP contribution in [0, 0.1) is 0 Å². The fourth-order valence-electron chi connectivity index (χ4n) is 0.707. The molecule has 0 aliphatic heterocycles. The molecule has 1 aromatic rings. The highest BCUT2D eigenvalue weighted by molar-refractivity contribution is 7.85. The molecule has 70 valence electrons. The molecule has 0 atom stereocenters. The minimum absolute atomic E-state index is 0.480. The average molecular weight is 201 g/mol. The maximum absolute atomic E-state index is 10.7. The van der Waals surface area contributed by atoms with Crippen molar-refractivity contribution in [3.8, 4) is 5.75 Å². The van der Waals surface area contributed by atoms with E-state index < -0.39 is 26.2 Å². The van der Waals surface area contributed by atoms with Crippen LogP contribution in [0.25, 0.3) is 0 Å². The molecular weight excluding hydrogens is 196 g/mol. The molecule has 6 heteroatoms. The van der Waals surface area contributed by atoms with Crippen molar-refractivity contribution in [2.45, 2.75) is 4.90 Å². The lowest BCUT2D eigenvalue weighted by Crippen LogP contribution is -2.04. The second-order valence-corrected chi connectivity index (χ2v) is 3.69. The maximum atomic E-state index is 10.7. The van der Waals surface area contributed by atoms with Crippen LogP contribution in [-0.2, 0) is 10.1 Å². The van der Waals surface area contributed by atoms with Gasteiger partial charge in [-0.15, -0.1) is 0 Å². The van der Waals surface area contributed by atoms with E-state index in [4.69, 9.17) is 4.55 Å². The van der Waals surface area contributed by atoms with Crippen LogP contribution in [-0.4, -0.2) is 13.0 Å². The Kier molecular flexibility index (Phi) is 2.35. The fourth-order valence-corrected chi connectivity index (χ4v) is 1.19. The van der Waals surface area contributed by atoms with Crippen LogP contribution in [0.15, 0.2) is 34.0 Å². The first kappa shape index (κ1) is 9.69. The van der Waals surface area contributed by atoms with Gasteiger partial charge in [-0.05, 0) is 18.2 Å². The van der Waals surface area contributed by atoms with Gasteiger partial charge >= 0.3 is 0 Å². The molecule has 1 rings (SSSR count). The third-order valence-corrected chi connectivity index (χ3v) is 2.21. The van der Waals surface area contributed by atoms with Crippen molar-refractivity contribution in [3.63, 3.8) is 0 Å². The molecule has 1 N–H and O–H groups in total. The lowest BCUT2D eigenvalue weighted by molar-refractivity contribution is -0.269. The molecule has 5 nitrogen and oxygen atoms in total. The predicted octanol–water partition coefficient (Wildman–Crippen LogP) is -0.633. The Labute approximate surface area is 74.0 Å². The van der Waals surface area contributed by atoms with Gasteiger partial charge in [0.25, 0.3) is 10.1 Å². The molecule has 0 aliphatic rings. The molecule has 0 amide bonds. The molecule has 0 radical (unpaired) electrons. The Morgan fingerprint density at radius 1 is 1.15 bits per heavy atom. The molecule has 0 saturated carbocycles. The van der Waals surface area contributed by atoms with E-state index in [9.17, 15) is 18.3 Å². The molecule has 0 heterocycles. The van der Waals surface area contributed by atoms with Crippen molar-refractivity contribution >= 4 is 10.1 Å². The van der Waals surface area contributed by atoms with E-state index in [1.165, 1.54) is 0 Å². The average Bonchev–Trinajstić information content (AvgIpc) is 2.14. The van der Waals surface area contributed by atoms with E-state index in [2.05, 4.69) is 0 Å². The molecule has 0 unspecified atom stereocenters. The molecule has 13 heavy (non-hydrogen) atoms. The van der Waals surface area contributed by atoms with Crippen molar-refractivity contribution in [1.82, 2.24) is 0 Å². The zero-order chi connectivity index (χ0) is 10.1. The van der Waals surface area contributed by atoms with E-state index in [0.717, 1.165) is 24.3 Å². The van der Waals surface area contributed by atoms with E-state index >= 15 is 0 Å². The van der Waals surface area contributed by atoms with Crippen molar-refractivity contribution in [3.05, 3.63) is 34.5 Å². The zero-order valence-electron chi connectivity index (χ0n) is 6.30. The van der Waals surface area contributed by atoms with Gasteiger partial charge in [0.15, 0.2) is 5.43 Å². The molecular formula is C7H5O5S-. The van der Waals surface area contributed by atoms with Crippen LogP contribution in [0.1, 0.15) is 0 Å².